The molecule has 30 heavy (non-hydrogen) atoms. The highest BCUT2D eigenvalue weighted by molar-refractivity contribution is 8.93. The fourth-order valence-electron chi connectivity index (χ4n) is 2.69. The summed E-state index contributed by atoms with van der Waals surface area (Å²) in [5.74, 6) is -0.475. The molecule has 0 saturated carbocycles. The fourth-order valence-corrected chi connectivity index (χ4v) is 2.69. The second-order valence-electron chi connectivity index (χ2n) is 6.97. The van der Waals surface area contributed by atoms with Gasteiger partial charge in [-0.3, -0.25) is 9.59 Å². The zero-order valence-corrected chi connectivity index (χ0v) is 21.1. The van der Waals surface area contributed by atoms with E-state index in [1.807, 2.05) is 6.92 Å². The summed E-state index contributed by atoms with van der Waals surface area (Å²) in [7, 11) is 0. The van der Waals surface area contributed by atoms with E-state index in [0.717, 1.165) is 51.4 Å². The molecule has 0 fully saturated rings. The molecule has 180 valence electrons. The van der Waals surface area contributed by atoms with Crippen molar-refractivity contribution in [3.63, 3.8) is 0 Å². The van der Waals surface area contributed by atoms with Crippen molar-refractivity contribution in [2.45, 2.75) is 97.8 Å². The van der Waals surface area contributed by atoms with Crippen LogP contribution < -0.4 is 5.32 Å². The van der Waals surface area contributed by atoms with Crippen LogP contribution in [0.5, 0.6) is 0 Å². The molecule has 0 aliphatic heterocycles. The van der Waals surface area contributed by atoms with E-state index in [9.17, 15) is 9.59 Å². The Hall–Kier alpha value is -0.700. The largest absolute Gasteiger partial charge is 0.466 e. The van der Waals surface area contributed by atoms with Crippen LogP contribution in [0.4, 0.5) is 0 Å². The Morgan fingerprint density at radius 3 is 1.87 bits per heavy atom. The smallest absolute Gasteiger partial charge is 0.328 e. The fraction of sp³-hybridized carbons (Fsp3) is 0.909. The molecule has 7 nitrogen and oxygen atoms in total. The first kappa shape index (κ1) is 31.5. The quantitative estimate of drug-likeness (QED) is 0.150. The lowest BCUT2D eigenvalue weighted by atomic mass is 10.1. The third-order valence-electron chi connectivity index (χ3n) is 4.35. The first-order valence-electron chi connectivity index (χ1n) is 11.4. The van der Waals surface area contributed by atoms with Gasteiger partial charge in [-0.2, -0.15) is 0 Å². The van der Waals surface area contributed by atoms with Gasteiger partial charge < -0.3 is 24.3 Å². The molecule has 0 aromatic rings. The summed E-state index contributed by atoms with van der Waals surface area (Å²) in [4.78, 5) is 23.8. The van der Waals surface area contributed by atoms with Crippen LogP contribution in [0, 0.1) is 0 Å². The number of rotatable bonds is 20. The predicted octanol–water partition coefficient (Wildman–Crippen LogP) is 4.56. The molecule has 8 heteroatoms. The number of carbonyl (C=O) groups excluding carboxylic acids is 2. The molecule has 0 heterocycles. The van der Waals surface area contributed by atoms with Gasteiger partial charge in [-0.05, 0) is 46.1 Å². The second kappa shape index (κ2) is 23.0. The van der Waals surface area contributed by atoms with Gasteiger partial charge in [0.15, 0.2) is 12.3 Å². The van der Waals surface area contributed by atoms with Crippen molar-refractivity contribution in [1.29, 1.82) is 0 Å². The molecule has 0 amide bonds. The molecule has 0 aromatic carbocycles. The van der Waals surface area contributed by atoms with E-state index >= 15 is 0 Å². The van der Waals surface area contributed by atoms with Crippen molar-refractivity contribution >= 4 is 28.9 Å². The number of hydrogen-bond acceptors (Lipinski definition) is 7. The first-order chi connectivity index (χ1) is 14.1. The summed E-state index contributed by atoms with van der Waals surface area (Å²) in [5, 5.41) is 3.26. The highest BCUT2D eigenvalue weighted by Crippen LogP contribution is 2.09. The van der Waals surface area contributed by atoms with Crippen LogP contribution in [0.2, 0.25) is 0 Å². The first-order valence-corrected chi connectivity index (χ1v) is 11.4. The third kappa shape index (κ3) is 17.0. The van der Waals surface area contributed by atoms with Crippen molar-refractivity contribution in [1.82, 2.24) is 5.32 Å². The SMILES string of the molecule is Br.CCCCOC(OCCCC)C(NCCCCCCC(=O)OCC)C(=O)OCC. The lowest BCUT2D eigenvalue weighted by Crippen LogP contribution is -2.50. The van der Waals surface area contributed by atoms with Crippen LogP contribution >= 0.6 is 17.0 Å². The average molecular weight is 498 g/mol. The van der Waals surface area contributed by atoms with E-state index in [-0.39, 0.29) is 28.9 Å². The van der Waals surface area contributed by atoms with E-state index in [4.69, 9.17) is 18.9 Å². The molecule has 0 spiro atoms. The van der Waals surface area contributed by atoms with Crippen LogP contribution in [-0.2, 0) is 28.5 Å². The molecule has 1 atom stereocenters. The molecule has 1 unspecified atom stereocenters. The number of unbranched alkanes of at least 4 members (excludes halogenated alkanes) is 5. The third-order valence-corrected chi connectivity index (χ3v) is 4.35. The Labute approximate surface area is 193 Å². The van der Waals surface area contributed by atoms with E-state index in [0.29, 0.717) is 39.4 Å². The normalized spacial score (nSPS) is 11.8. The van der Waals surface area contributed by atoms with Crippen LogP contribution in [0.25, 0.3) is 0 Å². The molecule has 1 N–H and O–H groups in total. The molecule has 0 bridgehead atoms. The van der Waals surface area contributed by atoms with E-state index in [1.165, 1.54) is 0 Å². The number of hydrogen-bond donors (Lipinski definition) is 1. The second-order valence-corrected chi connectivity index (χ2v) is 6.97. The van der Waals surface area contributed by atoms with E-state index in [1.54, 1.807) is 6.92 Å². The Morgan fingerprint density at radius 1 is 0.767 bits per heavy atom. The summed E-state index contributed by atoms with van der Waals surface area (Å²) in [6.07, 6.45) is 7.34. The summed E-state index contributed by atoms with van der Waals surface area (Å²) in [5.41, 5.74) is 0. The number of carbonyl (C=O) groups is 2. The number of ether oxygens (including phenoxy) is 4. The predicted molar refractivity (Wildman–Crippen MR) is 124 cm³/mol. The molecule has 0 saturated heterocycles. The summed E-state index contributed by atoms with van der Waals surface area (Å²) in [6, 6.07) is -0.636. The topological polar surface area (TPSA) is 83.1 Å². The monoisotopic (exact) mass is 497 g/mol. The van der Waals surface area contributed by atoms with Gasteiger partial charge in [0.05, 0.1) is 13.2 Å². The van der Waals surface area contributed by atoms with Gasteiger partial charge in [0.2, 0.25) is 0 Å². The molecular weight excluding hydrogens is 454 g/mol. The van der Waals surface area contributed by atoms with Crippen LogP contribution in [0.3, 0.4) is 0 Å². The number of halogens is 1. The average Bonchev–Trinajstić information content (AvgIpc) is 2.70. The van der Waals surface area contributed by atoms with Gasteiger partial charge in [0.1, 0.15) is 0 Å². The minimum absolute atomic E-state index is 0. The van der Waals surface area contributed by atoms with Gasteiger partial charge in [0.25, 0.3) is 0 Å². The maximum absolute atomic E-state index is 12.5. The minimum Gasteiger partial charge on any atom is -0.466 e. The maximum Gasteiger partial charge on any atom is 0.328 e. The molecule has 0 radical (unpaired) electrons. The minimum atomic E-state index is -0.643. The Morgan fingerprint density at radius 2 is 1.33 bits per heavy atom. The van der Waals surface area contributed by atoms with Crippen molar-refractivity contribution in [3.8, 4) is 0 Å². The lowest BCUT2D eigenvalue weighted by molar-refractivity contribution is -0.182. The summed E-state index contributed by atoms with van der Waals surface area (Å²) < 4.78 is 21.9. The molecular formula is C22H44BrNO6. The van der Waals surface area contributed by atoms with E-state index in [2.05, 4.69) is 19.2 Å². The lowest BCUT2D eigenvalue weighted by Gasteiger charge is -2.27. The summed E-state index contributed by atoms with van der Waals surface area (Å²) >= 11 is 0. The molecule has 0 aliphatic rings. The van der Waals surface area contributed by atoms with E-state index < -0.39 is 12.3 Å². The van der Waals surface area contributed by atoms with Gasteiger partial charge in [-0.15, -0.1) is 17.0 Å². The highest BCUT2D eigenvalue weighted by atomic mass is 79.9. The maximum atomic E-state index is 12.5. The van der Waals surface area contributed by atoms with Crippen molar-refractivity contribution in [2.75, 3.05) is 33.0 Å². The number of nitrogens with one attached hydrogen (secondary N) is 1. The Bertz CT molecular complexity index is 401. The highest BCUT2D eigenvalue weighted by Gasteiger charge is 2.30. The molecule has 0 aliphatic carbocycles. The van der Waals surface area contributed by atoms with Gasteiger partial charge >= 0.3 is 11.9 Å². The van der Waals surface area contributed by atoms with Crippen LogP contribution in [-0.4, -0.2) is 57.2 Å². The summed E-state index contributed by atoms with van der Waals surface area (Å²) in [6.45, 7) is 10.3. The van der Waals surface area contributed by atoms with Crippen molar-refractivity contribution in [2.24, 2.45) is 0 Å². The number of esters is 2. The van der Waals surface area contributed by atoms with Gasteiger partial charge in [-0.1, -0.05) is 39.5 Å². The standard InChI is InChI=1S/C22H43NO6.BrH/c1-5-9-17-28-22(29-18-10-6-2)20(21(25)27-8-4)23-16-14-12-11-13-15-19(24)26-7-3;/h20,22-23H,5-18H2,1-4H3;1H. The van der Waals surface area contributed by atoms with Gasteiger partial charge in [-0.25, -0.2) is 0 Å². The zero-order chi connectivity index (χ0) is 21.7. The zero-order valence-electron chi connectivity index (χ0n) is 19.4. The van der Waals surface area contributed by atoms with Crippen molar-refractivity contribution in [3.05, 3.63) is 0 Å². The van der Waals surface area contributed by atoms with Crippen molar-refractivity contribution < 1.29 is 28.5 Å². The molecule has 0 rings (SSSR count). The van der Waals surface area contributed by atoms with Crippen LogP contribution in [0.15, 0.2) is 0 Å². The molecule has 0 aromatic heterocycles. The Kier molecular flexibility index (Phi) is 24.1. The van der Waals surface area contributed by atoms with Gasteiger partial charge in [0, 0.05) is 19.6 Å². The Balaban J connectivity index is 0. The van der Waals surface area contributed by atoms with Crippen LogP contribution in [0.1, 0.15) is 85.5 Å².